The smallest absolute Gasteiger partial charge is 0.327 e. The summed E-state index contributed by atoms with van der Waals surface area (Å²) in [5.41, 5.74) is 2.46. The number of amides is 3. The predicted octanol–water partition coefficient (Wildman–Crippen LogP) is 6.21. The van der Waals surface area contributed by atoms with Crippen LogP contribution in [0.3, 0.4) is 0 Å². The van der Waals surface area contributed by atoms with Crippen molar-refractivity contribution >= 4 is 11.9 Å². The molecule has 5 rings (SSSR count). The molecule has 2 aliphatic heterocycles. The van der Waals surface area contributed by atoms with E-state index in [0.717, 1.165) is 11.1 Å². The first kappa shape index (κ1) is 32.5. The average Bonchev–Trinajstić information content (AvgIpc) is 3.67. The highest BCUT2D eigenvalue weighted by molar-refractivity contribution is 5.99. The second kappa shape index (κ2) is 14.1. The topological polar surface area (TPSA) is 96.0 Å². The van der Waals surface area contributed by atoms with Crippen LogP contribution in [0.2, 0.25) is 0 Å². The van der Waals surface area contributed by atoms with E-state index in [0.29, 0.717) is 53.0 Å². The van der Waals surface area contributed by atoms with Gasteiger partial charge in [-0.1, -0.05) is 50.3 Å². The minimum atomic E-state index is -1.09. The van der Waals surface area contributed by atoms with Gasteiger partial charge in [-0.05, 0) is 48.6 Å². The van der Waals surface area contributed by atoms with Crippen LogP contribution in [-0.4, -0.2) is 68.6 Å². The van der Waals surface area contributed by atoms with Crippen molar-refractivity contribution in [2.24, 2.45) is 5.92 Å². The third kappa shape index (κ3) is 6.42. The zero-order chi connectivity index (χ0) is 33.0. The van der Waals surface area contributed by atoms with Gasteiger partial charge < -0.3 is 33.3 Å². The molecule has 3 atom stereocenters. The van der Waals surface area contributed by atoms with Crippen LogP contribution in [0.25, 0.3) is 0 Å². The molecule has 3 aromatic rings. The second-order valence-electron chi connectivity index (χ2n) is 11.7. The van der Waals surface area contributed by atoms with Crippen molar-refractivity contribution in [1.82, 2.24) is 9.80 Å². The first-order chi connectivity index (χ1) is 22.2. The van der Waals surface area contributed by atoms with Gasteiger partial charge in [0.25, 0.3) is 5.91 Å². The molecule has 2 aliphatic rings. The monoisotopic (exact) mass is 630 g/mol. The number of ether oxygens (including phenoxy) is 6. The third-order valence-electron chi connectivity index (χ3n) is 8.53. The molecule has 3 amide bonds. The van der Waals surface area contributed by atoms with Crippen molar-refractivity contribution in [2.45, 2.75) is 51.8 Å². The zero-order valence-corrected chi connectivity index (χ0v) is 27.3. The number of hydrogen-bond donors (Lipinski definition) is 0. The maximum absolute atomic E-state index is 14.7. The molecule has 0 radical (unpaired) electrons. The Hall–Kier alpha value is -4.86. The Morgan fingerprint density at radius 2 is 1.61 bits per heavy atom. The fourth-order valence-corrected chi connectivity index (χ4v) is 5.99. The molecule has 0 N–H and O–H groups in total. The summed E-state index contributed by atoms with van der Waals surface area (Å²) in [5, 5.41) is 0. The standard InChI is InChI=1S/C36H42N2O8/c1-8-12-26-18-29-30(45-21-44-29)19-28(26)46-33(17-24-15-31(41-5)34(43-7)32(16-24)42-6)35(39)38-27(22(2)3)20-37(36(38)40)23(4)25-13-10-9-11-14-25/h8-11,13-16,18-19,22-23,27,33H,1,12,17,20-21H2,2-7H3/t23-,27-,33-/m1/s1. The fourth-order valence-electron chi connectivity index (χ4n) is 5.99. The van der Waals surface area contributed by atoms with Crippen LogP contribution in [-0.2, 0) is 17.6 Å². The summed E-state index contributed by atoms with van der Waals surface area (Å²) in [6.07, 6.45) is 1.24. The van der Waals surface area contributed by atoms with E-state index in [1.54, 1.807) is 29.2 Å². The van der Waals surface area contributed by atoms with E-state index in [-0.39, 0.29) is 37.2 Å². The van der Waals surface area contributed by atoms with Gasteiger partial charge in [0.2, 0.25) is 12.5 Å². The van der Waals surface area contributed by atoms with Crippen molar-refractivity contribution in [3.05, 3.63) is 83.9 Å². The lowest BCUT2D eigenvalue weighted by molar-refractivity contribution is -0.137. The molecule has 0 spiro atoms. The molecule has 0 aromatic heterocycles. The average molecular weight is 631 g/mol. The number of fused-ring (bicyclic) bond motifs is 1. The van der Waals surface area contributed by atoms with E-state index in [1.165, 1.54) is 26.2 Å². The number of urea groups is 1. The van der Waals surface area contributed by atoms with Gasteiger partial charge in [-0.2, -0.15) is 0 Å². The van der Waals surface area contributed by atoms with Gasteiger partial charge in [0.15, 0.2) is 29.1 Å². The van der Waals surface area contributed by atoms with Gasteiger partial charge in [-0.25, -0.2) is 4.79 Å². The van der Waals surface area contributed by atoms with Gasteiger partial charge in [0.1, 0.15) is 5.75 Å². The first-order valence-corrected chi connectivity index (χ1v) is 15.4. The summed E-state index contributed by atoms with van der Waals surface area (Å²) < 4.78 is 34.5. The SMILES string of the molecule is C=CCc1cc2c(cc1O[C@H](Cc1cc(OC)c(OC)c(OC)c1)C(=O)N1C(=O)N([C@H](C)c3ccccc3)C[C@@H]1C(C)C)OCO2. The summed E-state index contributed by atoms with van der Waals surface area (Å²) in [7, 11) is 4.60. The van der Waals surface area contributed by atoms with E-state index < -0.39 is 12.0 Å². The highest BCUT2D eigenvalue weighted by Crippen LogP contribution is 2.41. The number of benzene rings is 3. The third-order valence-corrected chi connectivity index (χ3v) is 8.53. The maximum atomic E-state index is 14.7. The minimum Gasteiger partial charge on any atom is -0.493 e. The maximum Gasteiger partial charge on any atom is 0.327 e. The van der Waals surface area contributed by atoms with Gasteiger partial charge in [-0.3, -0.25) is 9.69 Å². The summed E-state index contributed by atoms with van der Waals surface area (Å²) >= 11 is 0. The highest BCUT2D eigenvalue weighted by Gasteiger charge is 2.47. The number of allylic oxidation sites excluding steroid dienone is 1. The Kier molecular flexibility index (Phi) is 9.94. The van der Waals surface area contributed by atoms with Crippen LogP contribution in [0, 0.1) is 5.92 Å². The highest BCUT2D eigenvalue weighted by atomic mass is 16.7. The van der Waals surface area contributed by atoms with Crippen LogP contribution in [0.15, 0.2) is 67.3 Å². The molecule has 10 nitrogen and oxygen atoms in total. The molecular formula is C36H42N2O8. The largest absolute Gasteiger partial charge is 0.493 e. The van der Waals surface area contributed by atoms with Gasteiger partial charge >= 0.3 is 6.03 Å². The lowest BCUT2D eigenvalue weighted by Gasteiger charge is -2.29. The molecule has 2 heterocycles. The molecule has 1 fully saturated rings. The molecule has 0 bridgehead atoms. The number of nitrogens with zero attached hydrogens (tertiary/aromatic N) is 2. The van der Waals surface area contributed by atoms with Crippen molar-refractivity contribution in [2.75, 3.05) is 34.7 Å². The summed E-state index contributed by atoms with van der Waals surface area (Å²) in [6.45, 7) is 10.4. The van der Waals surface area contributed by atoms with E-state index in [4.69, 9.17) is 28.4 Å². The number of carbonyl (C=O) groups excluding carboxylic acids is 2. The number of imide groups is 1. The van der Waals surface area contributed by atoms with Crippen LogP contribution in [0.5, 0.6) is 34.5 Å². The van der Waals surface area contributed by atoms with Crippen molar-refractivity contribution < 1.29 is 38.0 Å². The fraction of sp³-hybridized carbons (Fsp3) is 0.389. The van der Waals surface area contributed by atoms with E-state index in [1.807, 2.05) is 57.2 Å². The molecule has 0 unspecified atom stereocenters. The predicted molar refractivity (Wildman–Crippen MR) is 173 cm³/mol. The Morgan fingerprint density at radius 1 is 0.957 bits per heavy atom. The van der Waals surface area contributed by atoms with Crippen LogP contribution in [0.4, 0.5) is 4.79 Å². The summed E-state index contributed by atoms with van der Waals surface area (Å²) in [5.74, 6) is 2.43. The molecule has 1 saturated heterocycles. The Balaban J connectivity index is 1.55. The van der Waals surface area contributed by atoms with Gasteiger partial charge in [-0.15, -0.1) is 6.58 Å². The first-order valence-electron chi connectivity index (χ1n) is 15.4. The Labute approximate surface area is 270 Å². The minimum absolute atomic E-state index is 0.00423. The number of methoxy groups -OCH3 is 3. The number of rotatable bonds is 13. The molecule has 0 aliphatic carbocycles. The second-order valence-corrected chi connectivity index (χ2v) is 11.7. The van der Waals surface area contributed by atoms with E-state index in [2.05, 4.69) is 6.58 Å². The van der Waals surface area contributed by atoms with Crippen molar-refractivity contribution in [3.63, 3.8) is 0 Å². The number of hydrogen-bond acceptors (Lipinski definition) is 8. The molecule has 244 valence electrons. The summed E-state index contributed by atoms with van der Waals surface area (Å²) in [6, 6.07) is 16.0. The number of carbonyl (C=O) groups is 2. The van der Waals surface area contributed by atoms with E-state index in [9.17, 15) is 9.59 Å². The Morgan fingerprint density at radius 3 is 2.20 bits per heavy atom. The van der Waals surface area contributed by atoms with Gasteiger partial charge in [0.05, 0.1) is 33.4 Å². The van der Waals surface area contributed by atoms with Crippen molar-refractivity contribution in [3.8, 4) is 34.5 Å². The lowest BCUT2D eigenvalue weighted by atomic mass is 10.0. The molecule has 46 heavy (non-hydrogen) atoms. The van der Waals surface area contributed by atoms with E-state index >= 15 is 0 Å². The van der Waals surface area contributed by atoms with Crippen LogP contribution in [0.1, 0.15) is 43.5 Å². The molecular weight excluding hydrogens is 588 g/mol. The normalized spacial score (nSPS) is 16.8. The molecule has 10 heteroatoms. The van der Waals surface area contributed by atoms with Crippen LogP contribution < -0.4 is 28.4 Å². The zero-order valence-electron chi connectivity index (χ0n) is 27.3. The lowest BCUT2D eigenvalue weighted by Crippen LogP contribution is -2.49. The Bertz CT molecular complexity index is 1550. The molecule has 3 aromatic carbocycles. The molecule has 0 saturated carbocycles. The quantitative estimate of drug-likeness (QED) is 0.206. The summed E-state index contributed by atoms with van der Waals surface area (Å²) in [4.78, 5) is 32.0. The van der Waals surface area contributed by atoms with Crippen LogP contribution >= 0.6 is 0 Å². The van der Waals surface area contributed by atoms with Gasteiger partial charge in [0, 0.05) is 24.6 Å². The van der Waals surface area contributed by atoms with Crippen molar-refractivity contribution in [1.29, 1.82) is 0 Å².